The van der Waals surface area contributed by atoms with Crippen LogP contribution in [0.25, 0.3) is 0 Å². The SMILES string of the molecule is CNCCCCC(NC)C(=O)NCCCCC(NC(C)=O)C(N)=O. The van der Waals surface area contributed by atoms with Crippen molar-refractivity contribution in [2.75, 3.05) is 27.2 Å². The molecule has 140 valence electrons. The van der Waals surface area contributed by atoms with Crippen molar-refractivity contribution in [2.45, 2.75) is 57.5 Å². The van der Waals surface area contributed by atoms with Crippen LogP contribution in [-0.4, -0.2) is 57.0 Å². The Morgan fingerprint density at radius 1 is 0.917 bits per heavy atom. The molecule has 0 fully saturated rings. The molecule has 3 amide bonds. The van der Waals surface area contributed by atoms with Crippen LogP contribution in [0.1, 0.15) is 45.4 Å². The highest BCUT2D eigenvalue weighted by Crippen LogP contribution is 2.02. The van der Waals surface area contributed by atoms with Gasteiger partial charge >= 0.3 is 0 Å². The molecule has 2 unspecified atom stereocenters. The second-order valence-corrected chi connectivity index (χ2v) is 5.88. The van der Waals surface area contributed by atoms with Crippen molar-refractivity contribution in [1.82, 2.24) is 21.3 Å². The highest BCUT2D eigenvalue weighted by atomic mass is 16.2. The topological polar surface area (TPSA) is 125 Å². The lowest BCUT2D eigenvalue weighted by Gasteiger charge is -2.17. The van der Waals surface area contributed by atoms with Crippen LogP contribution < -0.4 is 27.0 Å². The Morgan fingerprint density at radius 3 is 2.00 bits per heavy atom. The van der Waals surface area contributed by atoms with E-state index in [1.165, 1.54) is 6.92 Å². The van der Waals surface area contributed by atoms with Gasteiger partial charge in [-0.05, 0) is 52.7 Å². The number of primary amides is 1. The molecule has 0 bridgehead atoms. The second-order valence-electron chi connectivity index (χ2n) is 5.88. The van der Waals surface area contributed by atoms with E-state index in [0.717, 1.165) is 32.2 Å². The number of hydrogen-bond acceptors (Lipinski definition) is 5. The molecule has 0 heterocycles. The Labute approximate surface area is 144 Å². The van der Waals surface area contributed by atoms with Gasteiger partial charge in [0, 0.05) is 13.5 Å². The first kappa shape index (κ1) is 22.3. The second kappa shape index (κ2) is 13.7. The largest absolute Gasteiger partial charge is 0.368 e. The van der Waals surface area contributed by atoms with Crippen LogP contribution in [-0.2, 0) is 14.4 Å². The van der Waals surface area contributed by atoms with Crippen LogP contribution in [0, 0.1) is 0 Å². The first-order chi connectivity index (χ1) is 11.4. The summed E-state index contributed by atoms with van der Waals surface area (Å²) in [4.78, 5) is 34.3. The van der Waals surface area contributed by atoms with Crippen molar-refractivity contribution in [3.8, 4) is 0 Å². The predicted molar refractivity (Wildman–Crippen MR) is 94.3 cm³/mol. The molecular weight excluding hydrogens is 310 g/mol. The molecule has 0 aliphatic rings. The van der Waals surface area contributed by atoms with Crippen molar-refractivity contribution in [2.24, 2.45) is 5.73 Å². The lowest BCUT2D eigenvalue weighted by molar-refractivity contribution is -0.126. The quantitative estimate of drug-likeness (QED) is 0.265. The van der Waals surface area contributed by atoms with Gasteiger partial charge in [0.05, 0.1) is 6.04 Å². The molecule has 2 atom stereocenters. The van der Waals surface area contributed by atoms with Gasteiger partial charge in [-0.25, -0.2) is 0 Å². The van der Waals surface area contributed by atoms with Gasteiger partial charge in [-0.3, -0.25) is 14.4 Å². The summed E-state index contributed by atoms with van der Waals surface area (Å²) in [6, 6.07) is -0.824. The van der Waals surface area contributed by atoms with Crippen LogP contribution in [0.5, 0.6) is 0 Å². The first-order valence-corrected chi connectivity index (χ1v) is 8.58. The number of carbonyl (C=O) groups is 3. The van der Waals surface area contributed by atoms with E-state index in [9.17, 15) is 14.4 Å². The third-order valence-corrected chi connectivity index (χ3v) is 3.77. The van der Waals surface area contributed by atoms with Gasteiger partial charge in [0.15, 0.2) is 0 Å². The number of unbranched alkanes of at least 4 members (excludes halogenated alkanes) is 2. The zero-order chi connectivity index (χ0) is 18.4. The van der Waals surface area contributed by atoms with Gasteiger partial charge < -0.3 is 27.0 Å². The average molecular weight is 343 g/mol. The monoisotopic (exact) mass is 343 g/mol. The molecule has 0 saturated heterocycles. The average Bonchev–Trinajstić information content (AvgIpc) is 2.52. The lowest BCUT2D eigenvalue weighted by atomic mass is 10.1. The van der Waals surface area contributed by atoms with E-state index in [-0.39, 0.29) is 17.9 Å². The van der Waals surface area contributed by atoms with Crippen molar-refractivity contribution in [1.29, 1.82) is 0 Å². The molecule has 24 heavy (non-hydrogen) atoms. The molecule has 0 aromatic rings. The number of rotatable bonds is 14. The van der Waals surface area contributed by atoms with E-state index in [0.29, 0.717) is 19.4 Å². The Kier molecular flexibility index (Phi) is 12.8. The van der Waals surface area contributed by atoms with E-state index in [2.05, 4.69) is 21.3 Å². The van der Waals surface area contributed by atoms with Gasteiger partial charge in [0.1, 0.15) is 6.04 Å². The fourth-order valence-corrected chi connectivity index (χ4v) is 2.40. The zero-order valence-corrected chi connectivity index (χ0v) is 15.1. The molecule has 8 nitrogen and oxygen atoms in total. The smallest absolute Gasteiger partial charge is 0.239 e. The molecule has 6 N–H and O–H groups in total. The fourth-order valence-electron chi connectivity index (χ4n) is 2.40. The van der Waals surface area contributed by atoms with Crippen molar-refractivity contribution in [3.63, 3.8) is 0 Å². The van der Waals surface area contributed by atoms with Gasteiger partial charge in [-0.1, -0.05) is 6.42 Å². The molecule has 0 aromatic carbocycles. The Balaban J connectivity index is 3.92. The molecule has 0 aliphatic carbocycles. The standard InChI is InChI=1S/C16H33N5O3/c1-12(22)21-13(15(17)23)8-5-7-11-20-16(24)14(19-3)9-4-6-10-18-2/h13-14,18-19H,4-11H2,1-3H3,(H2,17,23)(H,20,24)(H,21,22). The number of amides is 3. The normalized spacial score (nSPS) is 13.1. The summed E-state index contributed by atoms with van der Waals surface area (Å²) in [5.41, 5.74) is 5.24. The van der Waals surface area contributed by atoms with Crippen LogP contribution in [0.3, 0.4) is 0 Å². The Hall–Kier alpha value is -1.67. The van der Waals surface area contributed by atoms with Crippen LogP contribution in [0.15, 0.2) is 0 Å². The van der Waals surface area contributed by atoms with Gasteiger partial charge in [-0.15, -0.1) is 0 Å². The number of nitrogens with two attached hydrogens (primary N) is 1. The summed E-state index contributed by atoms with van der Waals surface area (Å²) < 4.78 is 0. The van der Waals surface area contributed by atoms with E-state index in [1.54, 1.807) is 7.05 Å². The summed E-state index contributed by atoms with van der Waals surface area (Å²) in [7, 11) is 3.70. The Bertz CT molecular complexity index is 390. The van der Waals surface area contributed by atoms with Gasteiger partial charge in [-0.2, -0.15) is 0 Å². The van der Waals surface area contributed by atoms with Crippen molar-refractivity contribution < 1.29 is 14.4 Å². The molecule has 8 heteroatoms. The minimum atomic E-state index is -0.643. The van der Waals surface area contributed by atoms with E-state index < -0.39 is 11.9 Å². The molecule has 0 saturated carbocycles. The van der Waals surface area contributed by atoms with Gasteiger partial charge in [0.2, 0.25) is 17.7 Å². The Morgan fingerprint density at radius 2 is 1.50 bits per heavy atom. The highest BCUT2D eigenvalue weighted by Gasteiger charge is 2.17. The predicted octanol–water partition coefficient (Wildman–Crippen LogP) is -0.759. The molecule has 0 aromatic heterocycles. The first-order valence-electron chi connectivity index (χ1n) is 8.58. The lowest BCUT2D eigenvalue weighted by Crippen LogP contribution is -2.44. The maximum atomic E-state index is 12.1. The summed E-state index contributed by atoms with van der Waals surface area (Å²) in [5, 5.41) is 11.5. The number of carbonyl (C=O) groups excluding carboxylic acids is 3. The van der Waals surface area contributed by atoms with Crippen LogP contribution in [0.2, 0.25) is 0 Å². The number of likely N-dealkylation sites (N-methyl/N-ethyl adjacent to an activating group) is 1. The van der Waals surface area contributed by atoms with Crippen LogP contribution >= 0.6 is 0 Å². The zero-order valence-electron chi connectivity index (χ0n) is 15.1. The third-order valence-electron chi connectivity index (χ3n) is 3.77. The summed E-state index contributed by atoms with van der Waals surface area (Å²) >= 11 is 0. The summed E-state index contributed by atoms with van der Waals surface area (Å²) in [5.74, 6) is -0.816. The van der Waals surface area contributed by atoms with E-state index in [1.807, 2.05) is 7.05 Å². The van der Waals surface area contributed by atoms with Crippen LogP contribution in [0.4, 0.5) is 0 Å². The molecule has 0 spiro atoms. The maximum Gasteiger partial charge on any atom is 0.239 e. The molecule has 0 radical (unpaired) electrons. The molecule has 0 aliphatic heterocycles. The number of nitrogens with one attached hydrogen (secondary N) is 4. The van der Waals surface area contributed by atoms with Crippen molar-refractivity contribution in [3.05, 3.63) is 0 Å². The fraction of sp³-hybridized carbons (Fsp3) is 0.812. The molecule has 0 rings (SSSR count). The minimum absolute atomic E-state index is 0.00438. The molecular formula is C16H33N5O3. The van der Waals surface area contributed by atoms with Crippen molar-refractivity contribution >= 4 is 17.7 Å². The summed E-state index contributed by atoms with van der Waals surface area (Å²) in [6.45, 7) is 2.84. The van der Waals surface area contributed by atoms with E-state index >= 15 is 0 Å². The van der Waals surface area contributed by atoms with Gasteiger partial charge in [0.25, 0.3) is 0 Å². The maximum absolute atomic E-state index is 12.1. The number of hydrogen-bond donors (Lipinski definition) is 5. The van der Waals surface area contributed by atoms with E-state index in [4.69, 9.17) is 5.73 Å². The third kappa shape index (κ3) is 11.0. The summed E-state index contributed by atoms with van der Waals surface area (Å²) in [6.07, 6.45) is 4.72. The highest BCUT2D eigenvalue weighted by molar-refractivity contribution is 5.85. The minimum Gasteiger partial charge on any atom is -0.368 e.